The van der Waals surface area contributed by atoms with Crippen molar-refractivity contribution in [2.75, 3.05) is 26.7 Å². The minimum atomic E-state index is -0.406. The van der Waals surface area contributed by atoms with Crippen molar-refractivity contribution in [3.63, 3.8) is 0 Å². The Morgan fingerprint density at radius 2 is 2.05 bits per heavy atom. The van der Waals surface area contributed by atoms with Crippen molar-refractivity contribution in [3.8, 4) is 0 Å². The number of methoxy groups -OCH3 is 1. The first-order chi connectivity index (χ1) is 9.45. The molecule has 0 saturated carbocycles. The number of rotatable bonds is 3. The Kier molecular flexibility index (Phi) is 4.65. The first kappa shape index (κ1) is 15.3. The van der Waals surface area contributed by atoms with E-state index in [1.807, 2.05) is 0 Å². The van der Waals surface area contributed by atoms with E-state index in [1.165, 1.54) is 7.11 Å². The van der Waals surface area contributed by atoms with E-state index in [9.17, 15) is 9.59 Å². The number of hydrogen-bond acceptors (Lipinski definition) is 5. The maximum absolute atomic E-state index is 12.1. The van der Waals surface area contributed by atoms with Gasteiger partial charge in [0, 0.05) is 31.7 Å². The molecular formula is C14H25N3O3. The van der Waals surface area contributed by atoms with Crippen LogP contribution >= 0.6 is 0 Å². The number of piperidine rings is 1. The van der Waals surface area contributed by atoms with E-state index < -0.39 is 6.04 Å². The molecule has 2 aliphatic rings. The highest BCUT2D eigenvalue weighted by molar-refractivity contribution is 5.85. The summed E-state index contributed by atoms with van der Waals surface area (Å²) in [5, 5.41) is 0. The van der Waals surface area contributed by atoms with Gasteiger partial charge in [-0.05, 0) is 26.7 Å². The first-order valence-electron chi connectivity index (χ1n) is 7.33. The van der Waals surface area contributed by atoms with Gasteiger partial charge in [0.1, 0.15) is 0 Å². The predicted molar refractivity (Wildman–Crippen MR) is 74.9 cm³/mol. The zero-order valence-corrected chi connectivity index (χ0v) is 12.5. The Labute approximate surface area is 120 Å². The number of hydrogen-bond donors (Lipinski definition) is 1. The van der Waals surface area contributed by atoms with Crippen LogP contribution in [0.2, 0.25) is 0 Å². The molecule has 2 saturated heterocycles. The number of carbonyl (C=O) groups excluding carboxylic acids is 2. The third-order valence-corrected chi connectivity index (χ3v) is 4.52. The van der Waals surface area contributed by atoms with Crippen LogP contribution in [0.25, 0.3) is 0 Å². The van der Waals surface area contributed by atoms with E-state index >= 15 is 0 Å². The standard InChI is InChI=1S/C14H25N3O3/c1-9(2)16-6-5-12(10(8-16)14(19)20-3)17-7-4-11(15)13(17)18/h9-12H,4-8,15H2,1-3H3. The Morgan fingerprint density at radius 1 is 1.35 bits per heavy atom. The molecule has 0 radical (unpaired) electrons. The Balaban J connectivity index is 2.14. The van der Waals surface area contributed by atoms with E-state index in [0.29, 0.717) is 25.6 Å². The third kappa shape index (κ3) is 2.81. The molecule has 0 aromatic rings. The molecule has 2 fully saturated rings. The van der Waals surface area contributed by atoms with Gasteiger partial charge >= 0.3 is 5.97 Å². The summed E-state index contributed by atoms with van der Waals surface area (Å²) in [7, 11) is 1.41. The monoisotopic (exact) mass is 283 g/mol. The highest BCUT2D eigenvalue weighted by Crippen LogP contribution is 2.28. The van der Waals surface area contributed by atoms with Crippen molar-refractivity contribution in [1.82, 2.24) is 9.80 Å². The highest BCUT2D eigenvalue weighted by Gasteiger charge is 2.43. The smallest absolute Gasteiger partial charge is 0.312 e. The topological polar surface area (TPSA) is 75.9 Å². The van der Waals surface area contributed by atoms with E-state index in [4.69, 9.17) is 10.5 Å². The van der Waals surface area contributed by atoms with Gasteiger partial charge in [-0.1, -0.05) is 0 Å². The second-order valence-corrected chi connectivity index (χ2v) is 6.00. The molecular weight excluding hydrogens is 258 g/mol. The summed E-state index contributed by atoms with van der Waals surface area (Å²) in [5.74, 6) is -0.527. The van der Waals surface area contributed by atoms with Gasteiger partial charge in [0.25, 0.3) is 0 Å². The molecule has 2 aliphatic heterocycles. The fraction of sp³-hybridized carbons (Fsp3) is 0.857. The summed E-state index contributed by atoms with van der Waals surface area (Å²) in [6.45, 7) is 6.43. The molecule has 2 rings (SSSR count). The molecule has 3 unspecified atom stereocenters. The maximum Gasteiger partial charge on any atom is 0.312 e. The zero-order valence-electron chi connectivity index (χ0n) is 12.5. The molecule has 2 N–H and O–H groups in total. The van der Waals surface area contributed by atoms with Gasteiger partial charge in [0.05, 0.1) is 19.1 Å². The largest absolute Gasteiger partial charge is 0.469 e. The molecule has 0 bridgehead atoms. The second kappa shape index (κ2) is 6.10. The van der Waals surface area contributed by atoms with Crippen molar-refractivity contribution in [2.45, 2.75) is 44.8 Å². The summed E-state index contributed by atoms with van der Waals surface area (Å²) in [5.41, 5.74) is 5.79. The Hall–Kier alpha value is -1.14. The maximum atomic E-state index is 12.1. The lowest BCUT2D eigenvalue weighted by Crippen LogP contribution is -2.56. The van der Waals surface area contributed by atoms with Crippen molar-refractivity contribution >= 4 is 11.9 Å². The number of nitrogens with zero attached hydrogens (tertiary/aromatic N) is 2. The molecule has 0 spiro atoms. The van der Waals surface area contributed by atoms with E-state index in [2.05, 4.69) is 18.7 Å². The minimum absolute atomic E-state index is 0.0260. The van der Waals surface area contributed by atoms with E-state index in [-0.39, 0.29) is 23.8 Å². The van der Waals surface area contributed by atoms with Crippen LogP contribution in [0.15, 0.2) is 0 Å². The average molecular weight is 283 g/mol. The van der Waals surface area contributed by atoms with Crippen molar-refractivity contribution in [3.05, 3.63) is 0 Å². The van der Waals surface area contributed by atoms with Crippen molar-refractivity contribution in [1.29, 1.82) is 0 Å². The van der Waals surface area contributed by atoms with E-state index in [0.717, 1.165) is 13.0 Å². The fourth-order valence-corrected chi connectivity index (χ4v) is 3.24. The van der Waals surface area contributed by atoms with Crippen LogP contribution in [0.1, 0.15) is 26.7 Å². The number of amides is 1. The normalized spacial score (nSPS) is 31.9. The molecule has 1 amide bonds. The number of carbonyl (C=O) groups is 2. The lowest BCUT2D eigenvalue weighted by Gasteiger charge is -2.42. The van der Waals surface area contributed by atoms with Crippen LogP contribution in [0, 0.1) is 5.92 Å². The Morgan fingerprint density at radius 3 is 2.55 bits per heavy atom. The molecule has 114 valence electrons. The minimum Gasteiger partial charge on any atom is -0.469 e. The lowest BCUT2D eigenvalue weighted by molar-refractivity contribution is -0.152. The summed E-state index contributed by atoms with van der Waals surface area (Å²) >= 11 is 0. The summed E-state index contributed by atoms with van der Waals surface area (Å²) < 4.78 is 4.93. The number of esters is 1. The molecule has 3 atom stereocenters. The Bertz CT molecular complexity index is 386. The van der Waals surface area contributed by atoms with Crippen LogP contribution in [-0.4, -0.2) is 66.5 Å². The van der Waals surface area contributed by atoms with Gasteiger partial charge in [-0.2, -0.15) is 0 Å². The number of likely N-dealkylation sites (tertiary alicyclic amines) is 2. The van der Waals surface area contributed by atoms with Gasteiger partial charge in [-0.15, -0.1) is 0 Å². The summed E-state index contributed by atoms with van der Waals surface area (Å²) in [6.07, 6.45) is 1.48. The van der Waals surface area contributed by atoms with Crippen LogP contribution in [0.3, 0.4) is 0 Å². The molecule has 2 heterocycles. The lowest BCUT2D eigenvalue weighted by atomic mass is 9.90. The molecule has 20 heavy (non-hydrogen) atoms. The van der Waals surface area contributed by atoms with Gasteiger partial charge in [0.2, 0.25) is 5.91 Å². The van der Waals surface area contributed by atoms with Crippen molar-refractivity contribution in [2.24, 2.45) is 11.7 Å². The summed E-state index contributed by atoms with van der Waals surface area (Å²) in [4.78, 5) is 28.2. The number of nitrogens with two attached hydrogens (primary N) is 1. The van der Waals surface area contributed by atoms with Gasteiger partial charge in [-0.25, -0.2) is 0 Å². The molecule has 6 nitrogen and oxygen atoms in total. The predicted octanol–water partition coefficient (Wildman–Crippen LogP) is -0.182. The molecule has 0 aliphatic carbocycles. The first-order valence-corrected chi connectivity index (χ1v) is 7.33. The van der Waals surface area contributed by atoms with Gasteiger partial charge in [-0.3, -0.25) is 14.5 Å². The average Bonchev–Trinajstić information content (AvgIpc) is 2.77. The van der Waals surface area contributed by atoms with Gasteiger partial charge < -0.3 is 15.4 Å². The molecule has 0 aromatic heterocycles. The third-order valence-electron chi connectivity index (χ3n) is 4.52. The SMILES string of the molecule is COC(=O)C1CN(C(C)C)CCC1N1CCC(N)C1=O. The second-order valence-electron chi connectivity index (χ2n) is 6.00. The van der Waals surface area contributed by atoms with Crippen LogP contribution in [0.5, 0.6) is 0 Å². The van der Waals surface area contributed by atoms with Crippen LogP contribution < -0.4 is 5.73 Å². The quantitative estimate of drug-likeness (QED) is 0.727. The van der Waals surface area contributed by atoms with Gasteiger partial charge in [0.15, 0.2) is 0 Å². The molecule has 0 aromatic carbocycles. The summed E-state index contributed by atoms with van der Waals surface area (Å²) in [6, 6.07) is -0.0884. The van der Waals surface area contributed by atoms with Crippen molar-refractivity contribution < 1.29 is 14.3 Å². The highest BCUT2D eigenvalue weighted by atomic mass is 16.5. The fourth-order valence-electron chi connectivity index (χ4n) is 3.24. The number of ether oxygens (including phenoxy) is 1. The molecule has 6 heteroatoms. The van der Waals surface area contributed by atoms with Crippen LogP contribution in [0.4, 0.5) is 0 Å². The van der Waals surface area contributed by atoms with E-state index in [1.54, 1.807) is 4.90 Å². The zero-order chi connectivity index (χ0) is 14.9. The van der Waals surface area contributed by atoms with Crippen LogP contribution in [-0.2, 0) is 14.3 Å².